The molecule has 0 bridgehead atoms. The molecular formula is C29H45NO11. The number of hydrogen-bond acceptors (Lipinski definition) is 11. The minimum atomic E-state index is -1.16. The first-order valence-corrected chi connectivity index (χ1v) is 13.6. The lowest BCUT2D eigenvalue weighted by Gasteiger charge is -2.24. The Kier molecular flexibility index (Phi) is 12.9. The lowest BCUT2D eigenvalue weighted by atomic mass is 10.0. The van der Waals surface area contributed by atoms with Crippen molar-refractivity contribution in [2.45, 2.75) is 117 Å². The molecule has 0 aliphatic heterocycles. The van der Waals surface area contributed by atoms with Crippen molar-refractivity contribution >= 4 is 24.4 Å². The smallest absolute Gasteiger partial charge is 0.480 e. The van der Waals surface area contributed by atoms with E-state index in [1.807, 2.05) is 13.8 Å². The molecule has 0 heterocycles. The van der Waals surface area contributed by atoms with Gasteiger partial charge in [0.1, 0.15) is 28.9 Å². The van der Waals surface area contributed by atoms with Crippen LogP contribution in [0.1, 0.15) is 87.6 Å². The van der Waals surface area contributed by atoms with Crippen molar-refractivity contribution in [1.82, 2.24) is 5.32 Å². The number of ether oxygens (including phenoxy) is 6. The molecule has 0 spiro atoms. The summed E-state index contributed by atoms with van der Waals surface area (Å²) in [5, 5.41) is 12.6. The van der Waals surface area contributed by atoms with Gasteiger partial charge in [0.25, 0.3) is 0 Å². The molecule has 0 amide bonds. The quantitative estimate of drug-likeness (QED) is 0.158. The Morgan fingerprint density at radius 1 is 0.805 bits per heavy atom. The number of benzene rings is 1. The van der Waals surface area contributed by atoms with Crippen LogP contribution in [0.15, 0.2) is 18.2 Å². The van der Waals surface area contributed by atoms with E-state index in [1.54, 1.807) is 55.4 Å². The summed E-state index contributed by atoms with van der Waals surface area (Å²) in [6, 6.07) is 3.18. The fourth-order valence-corrected chi connectivity index (χ4v) is 2.93. The predicted octanol–water partition coefficient (Wildman–Crippen LogP) is 6.02. The van der Waals surface area contributed by atoms with Crippen molar-refractivity contribution in [3.05, 3.63) is 23.8 Å². The zero-order valence-corrected chi connectivity index (χ0v) is 25.7. The number of rotatable bonds is 13. The molecule has 0 aliphatic carbocycles. The summed E-state index contributed by atoms with van der Waals surface area (Å²) < 4.78 is 31.6. The monoisotopic (exact) mass is 583 g/mol. The van der Waals surface area contributed by atoms with E-state index in [9.17, 15) is 24.3 Å². The van der Waals surface area contributed by atoms with Gasteiger partial charge in [0, 0.05) is 6.54 Å². The van der Waals surface area contributed by atoms with Crippen molar-refractivity contribution in [2.75, 3.05) is 6.54 Å². The number of aliphatic carboxylic acids is 1. The summed E-state index contributed by atoms with van der Waals surface area (Å²) in [4.78, 5) is 48.8. The van der Waals surface area contributed by atoms with Crippen LogP contribution in [0, 0.1) is 0 Å². The van der Waals surface area contributed by atoms with Gasteiger partial charge in [-0.2, -0.15) is 0 Å². The Morgan fingerprint density at radius 2 is 1.32 bits per heavy atom. The van der Waals surface area contributed by atoms with Crippen LogP contribution in [0.25, 0.3) is 0 Å². The van der Waals surface area contributed by atoms with Gasteiger partial charge in [-0.1, -0.05) is 19.9 Å². The highest BCUT2D eigenvalue weighted by atomic mass is 16.8. The minimum absolute atomic E-state index is 0.0260. The van der Waals surface area contributed by atoms with Gasteiger partial charge in [-0.3, -0.25) is 4.79 Å². The van der Waals surface area contributed by atoms with Crippen LogP contribution in [0.4, 0.5) is 14.4 Å². The van der Waals surface area contributed by atoms with Crippen molar-refractivity contribution in [3.63, 3.8) is 0 Å². The van der Waals surface area contributed by atoms with E-state index in [-0.39, 0.29) is 24.5 Å². The van der Waals surface area contributed by atoms with Crippen molar-refractivity contribution in [3.8, 4) is 11.5 Å². The second-order valence-electron chi connectivity index (χ2n) is 11.8. The maximum atomic E-state index is 12.5. The van der Waals surface area contributed by atoms with Crippen LogP contribution in [0.5, 0.6) is 11.5 Å². The van der Waals surface area contributed by atoms with Gasteiger partial charge in [0.15, 0.2) is 11.5 Å². The third-order valence-electron chi connectivity index (χ3n) is 5.89. The molecule has 0 saturated carbocycles. The van der Waals surface area contributed by atoms with Gasteiger partial charge in [0.05, 0.1) is 0 Å². The summed E-state index contributed by atoms with van der Waals surface area (Å²) >= 11 is 0. The molecule has 41 heavy (non-hydrogen) atoms. The Hall–Kier alpha value is -3.54. The number of carboxylic acid groups (broad SMARTS) is 1. The molecule has 0 aromatic heterocycles. The maximum Gasteiger partial charge on any atom is 0.514 e. The fourth-order valence-electron chi connectivity index (χ4n) is 2.93. The highest BCUT2D eigenvalue weighted by molar-refractivity contribution is 5.74. The molecule has 2 N–H and O–H groups in total. The van der Waals surface area contributed by atoms with Crippen molar-refractivity contribution in [2.24, 2.45) is 0 Å². The summed E-state index contributed by atoms with van der Waals surface area (Å²) in [7, 11) is 0. The number of nitrogens with one attached hydrogen (secondary N) is 1. The Labute approximate surface area is 241 Å². The van der Waals surface area contributed by atoms with Crippen molar-refractivity contribution in [1.29, 1.82) is 0 Å². The Balaban J connectivity index is 3.10. The molecule has 12 nitrogen and oxygen atoms in total. The largest absolute Gasteiger partial charge is 0.514 e. The number of carboxylic acids is 1. The van der Waals surface area contributed by atoms with E-state index < -0.39 is 53.4 Å². The first-order chi connectivity index (χ1) is 18.8. The average molecular weight is 584 g/mol. The normalized spacial score (nSPS) is 13.4. The number of hydrogen-bond donors (Lipinski definition) is 2. The van der Waals surface area contributed by atoms with E-state index in [1.165, 1.54) is 18.2 Å². The average Bonchev–Trinajstić information content (AvgIpc) is 2.81. The second kappa shape index (κ2) is 14.9. The molecule has 0 aliphatic rings. The lowest BCUT2D eigenvalue weighted by molar-refractivity contribution is -0.139. The van der Waals surface area contributed by atoms with Crippen LogP contribution in [0.3, 0.4) is 0 Å². The summed E-state index contributed by atoms with van der Waals surface area (Å²) in [6.45, 7) is 17.3. The number of carbonyl (C=O) groups excluding carboxylic acids is 3. The van der Waals surface area contributed by atoms with E-state index in [2.05, 4.69) is 5.32 Å². The summed E-state index contributed by atoms with van der Waals surface area (Å²) in [5.74, 6) is -1.43. The van der Waals surface area contributed by atoms with E-state index in [4.69, 9.17) is 28.4 Å². The van der Waals surface area contributed by atoms with E-state index in [0.717, 1.165) is 0 Å². The SMILES string of the molecule is CCC(C)(C)OC(=O)Oc1ccc(C[C@H](NCC(C)OC(=O)OC(C)(C)C)C(=O)O)cc1OC(=O)OC(C)(C)CC. The molecule has 1 unspecified atom stereocenters. The third-order valence-corrected chi connectivity index (χ3v) is 5.89. The van der Waals surface area contributed by atoms with Gasteiger partial charge in [-0.15, -0.1) is 0 Å². The standard InChI is InChI=1S/C29H45NO11/c1-11-28(7,8)40-25(34)37-21-14-13-19(16-22(21)38-26(35)41-29(9,10)12-2)15-20(23(31)32)30-17-18(3)36-24(33)39-27(4,5)6/h13-14,16,18,20,30H,11-12,15,17H2,1-10H3,(H,31,32)/t18?,20-/m0/s1. The molecule has 0 fully saturated rings. The van der Waals surface area contributed by atoms with Gasteiger partial charge >= 0.3 is 24.4 Å². The summed E-state index contributed by atoms with van der Waals surface area (Å²) in [5.41, 5.74) is -1.88. The van der Waals surface area contributed by atoms with Crippen LogP contribution >= 0.6 is 0 Å². The van der Waals surface area contributed by atoms with Crippen LogP contribution in [0.2, 0.25) is 0 Å². The first-order valence-electron chi connectivity index (χ1n) is 13.6. The molecule has 0 saturated heterocycles. The van der Waals surface area contributed by atoms with Crippen LogP contribution < -0.4 is 14.8 Å². The third kappa shape index (κ3) is 14.1. The molecular weight excluding hydrogens is 538 g/mol. The predicted molar refractivity (Wildman–Crippen MR) is 149 cm³/mol. The zero-order valence-electron chi connectivity index (χ0n) is 25.7. The highest BCUT2D eigenvalue weighted by Gasteiger charge is 2.27. The van der Waals surface area contributed by atoms with E-state index >= 15 is 0 Å². The molecule has 2 atom stereocenters. The van der Waals surface area contributed by atoms with Gasteiger partial charge < -0.3 is 38.8 Å². The van der Waals surface area contributed by atoms with Crippen LogP contribution in [-0.2, 0) is 30.2 Å². The lowest BCUT2D eigenvalue weighted by Crippen LogP contribution is -2.43. The fraction of sp³-hybridized carbons (Fsp3) is 0.655. The molecule has 1 aromatic carbocycles. The van der Waals surface area contributed by atoms with Gasteiger partial charge in [-0.05, 0) is 92.3 Å². The first kappa shape index (κ1) is 35.5. The van der Waals surface area contributed by atoms with Gasteiger partial charge in [-0.25, -0.2) is 14.4 Å². The Morgan fingerprint density at radius 3 is 1.78 bits per heavy atom. The van der Waals surface area contributed by atoms with Gasteiger partial charge in [0.2, 0.25) is 0 Å². The zero-order chi connectivity index (χ0) is 31.6. The topological polar surface area (TPSA) is 156 Å². The van der Waals surface area contributed by atoms with E-state index in [0.29, 0.717) is 18.4 Å². The molecule has 0 radical (unpaired) electrons. The molecule has 232 valence electrons. The minimum Gasteiger partial charge on any atom is -0.480 e. The highest BCUT2D eigenvalue weighted by Crippen LogP contribution is 2.31. The molecule has 1 aromatic rings. The molecule has 12 heteroatoms. The molecule has 1 rings (SSSR count). The second-order valence-corrected chi connectivity index (χ2v) is 11.8. The maximum absolute atomic E-state index is 12.5. The summed E-state index contributed by atoms with van der Waals surface area (Å²) in [6.07, 6.45) is -2.57. The number of carbonyl (C=O) groups is 4. The Bertz CT molecular complexity index is 1060. The van der Waals surface area contributed by atoms with Crippen LogP contribution in [-0.4, -0.2) is 65.0 Å². The van der Waals surface area contributed by atoms with Crippen molar-refractivity contribution < 1.29 is 52.7 Å².